The fourth-order valence-electron chi connectivity index (χ4n) is 4.24. The molecule has 2 aliphatic heterocycles. The van der Waals surface area contributed by atoms with Gasteiger partial charge < -0.3 is 29.3 Å². The summed E-state index contributed by atoms with van der Waals surface area (Å²) in [6, 6.07) is 10.4. The average Bonchev–Trinajstić information content (AvgIpc) is 3.00. The largest absolute Gasteiger partial charge is 0.494 e. The fraction of sp³-hybridized carbons (Fsp3) is 0.520. The van der Waals surface area contributed by atoms with E-state index in [0.717, 1.165) is 41.5 Å². The first kappa shape index (κ1) is 23.7. The van der Waals surface area contributed by atoms with E-state index in [2.05, 4.69) is 17.4 Å². The van der Waals surface area contributed by atoms with Crippen LogP contribution in [0.25, 0.3) is 0 Å². The first-order chi connectivity index (χ1) is 15.6. The molecule has 8 heteroatoms. The van der Waals surface area contributed by atoms with Gasteiger partial charge in [0.1, 0.15) is 0 Å². The predicted molar refractivity (Wildman–Crippen MR) is 132 cm³/mol. The zero-order chi connectivity index (χ0) is 23.8. The Morgan fingerprint density at radius 1 is 1.12 bits per heavy atom. The summed E-state index contributed by atoms with van der Waals surface area (Å²) in [5, 5.41) is 11.2. The normalized spacial score (nSPS) is 20.1. The number of nitrogens with zero attached hydrogens (tertiary/aromatic N) is 1. The van der Waals surface area contributed by atoms with Crippen molar-refractivity contribution in [1.82, 2.24) is 4.57 Å². The zero-order valence-electron chi connectivity index (χ0n) is 20.2. The van der Waals surface area contributed by atoms with Crippen LogP contribution in [0.4, 0.5) is 5.69 Å². The molecule has 2 fully saturated rings. The van der Waals surface area contributed by atoms with Gasteiger partial charge in [-0.3, -0.25) is 4.79 Å². The number of hydrogen-bond donors (Lipinski definition) is 2. The molecule has 0 aliphatic carbocycles. The number of rotatable bonds is 6. The van der Waals surface area contributed by atoms with Gasteiger partial charge in [-0.15, -0.1) is 0 Å². The van der Waals surface area contributed by atoms with Crippen molar-refractivity contribution in [2.24, 2.45) is 7.05 Å². The molecule has 2 N–H and O–H groups in total. The molecule has 0 radical (unpaired) electrons. The van der Waals surface area contributed by atoms with Gasteiger partial charge in [-0.05, 0) is 57.6 Å². The highest BCUT2D eigenvalue weighted by atomic mass is 16.7. The van der Waals surface area contributed by atoms with E-state index >= 15 is 0 Å². The van der Waals surface area contributed by atoms with Crippen molar-refractivity contribution in [3.63, 3.8) is 0 Å². The predicted octanol–water partition coefficient (Wildman–Crippen LogP) is 2.86. The number of anilines is 1. The number of aromatic nitrogens is 1. The molecule has 0 unspecified atom stereocenters. The van der Waals surface area contributed by atoms with E-state index in [-0.39, 0.29) is 22.8 Å². The van der Waals surface area contributed by atoms with E-state index in [9.17, 15) is 4.79 Å². The summed E-state index contributed by atoms with van der Waals surface area (Å²) in [5.41, 5.74) is 3.16. The van der Waals surface area contributed by atoms with Crippen molar-refractivity contribution in [2.45, 2.75) is 64.2 Å². The number of hydrogen-bond acceptors (Lipinski definition) is 6. The van der Waals surface area contributed by atoms with E-state index < -0.39 is 7.12 Å². The molecule has 0 bridgehead atoms. The summed E-state index contributed by atoms with van der Waals surface area (Å²) in [6.07, 6.45) is 3.54. The molecule has 0 saturated carbocycles. The third-order valence-electron chi connectivity index (χ3n) is 7.18. The Bertz CT molecular complexity index is 1060. The molecule has 2 aromatic rings. The van der Waals surface area contributed by atoms with Crippen LogP contribution >= 0.6 is 0 Å². The fourth-order valence-corrected chi connectivity index (χ4v) is 4.24. The lowest BCUT2D eigenvalue weighted by Crippen LogP contribution is -2.41. The molecule has 0 spiro atoms. The monoisotopic (exact) mass is 451 g/mol. The van der Waals surface area contributed by atoms with Crippen molar-refractivity contribution in [3.8, 4) is 0 Å². The molecule has 3 heterocycles. The summed E-state index contributed by atoms with van der Waals surface area (Å²) in [5.74, 6) is 0. The highest BCUT2D eigenvalue weighted by Gasteiger charge is 2.51. The Kier molecular flexibility index (Phi) is 6.53. The minimum atomic E-state index is -0.393. The third-order valence-corrected chi connectivity index (χ3v) is 7.18. The Hall–Kier alpha value is -2.42. The van der Waals surface area contributed by atoms with Crippen LogP contribution in [0.1, 0.15) is 57.4 Å². The Morgan fingerprint density at radius 2 is 1.73 bits per heavy atom. The maximum absolute atomic E-state index is 12.9. The molecule has 1 aromatic heterocycles. The molecule has 33 heavy (non-hydrogen) atoms. The number of benzene rings is 1. The third kappa shape index (κ3) is 4.79. The number of ether oxygens (including phenoxy) is 1. The van der Waals surface area contributed by atoms with Crippen LogP contribution in [0.15, 0.2) is 35.1 Å². The van der Waals surface area contributed by atoms with Crippen molar-refractivity contribution in [2.75, 3.05) is 18.5 Å². The maximum atomic E-state index is 12.9. The van der Waals surface area contributed by atoms with Crippen LogP contribution in [0, 0.1) is 5.41 Å². The first-order valence-electron chi connectivity index (χ1n) is 11.6. The molecule has 2 aliphatic rings. The quantitative estimate of drug-likeness (QED) is 0.521. The van der Waals surface area contributed by atoms with Crippen molar-refractivity contribution < 1.29 is 14.0 Å². The molecule has 176 valence electrons. The van der Waals surface area contributed by atoms with Gasteiger partial charge in [0.2, 0.25) is 0 Å². The SMILES string of the molecule is Cn1c(Cc2ccc(B3OC(C)(C)C(C)(C)O3)cc2)cc(NC2CCOCC2)c(C=N)c1=O. The summed E-state index contributed by atoms with van der Waals surface area (Å²) >= 11 is 0. The van der Waals surface area contributed by atoms with Gasteiger partial charge in [-0.1, -0.05) is 24.3 Å². The highest BCUT2D eigenvalue weighted by Crippen LogP contribution is 2.36. The molecular weight excluding hydrogens is 417 g/mol. The Labute approximate surface area is 196 Å². The van der Waals surface area contributed by atoms with Crippen LogP contribution in [0.3, 0.4) is 0 Å². The molecule has 4 rings (SSSR count). The second kappa shape index (κ2) is 9.08. The summed E-state index contributed by atoms with van der Waals surface area (Å²) in [7, 11) is 1.37. The minimum Gasteiger partial charge on any atom is -0.399 e. The molecule has 1 aromatic carbocycles. The number of pyridine rings is 1. The van der Waals surface area contributed by atoms with Gasteiger partial charge >= 0.3 is 7.12 Å². The second-order valence-electron chi connectivity index (χ2n) is 10.0. The van der Waals surface area contributed by atoms with E-state index in [1.165, 1.54) is 0 Å². The molecule has 2 saturated heterocycles. The lowest BCUT2D eigenvalue weighted by molar-refractivity contribution is 0.00578. The van der Waals surface area contributed by atoms with E-state index in [1.54, 1.807) is 11.6 Å². The second-order valence-corrected chi connectivity index (χ2v) is 10.0. The minimum absolute atomic E-state index is 0.161. The zero-order valence-corrected chi connectivity index (χ0v) is 20.2. The topological polar surface area (TPSA) is 85.6 Å². The number of nitrogens with one attached hydrogen (secondary N) is 2. The molecule has 0 amide bonds. The standard InChI is InChI=1S/C25H34BN3O4/c1-24(2)25(3,4)33-26(32-24)18-8-6-17(7-9-18)14-20-15-22(21(16-27)23(30)29(20)5)28-19-10-12-31-13-11-19/h6-9,15-16,19,27-28H,10-14H2,1-5H3. The van der Waals surface area contributed by atoms with Crippen LogP contribution in [0.2, 0.25) is 0 Å². The van der Waals surface area contributed by atoms with Gasteiger partial charge in [0.25, 0.3) is 5.56 Å². The lowest BCUT2D eigenvalue weighted by Gasteiger charge is -2.32. The average molecular weight is 451 g/mol. The summed E-state index contributed by atoms with van der Waals surface area (Å²) in [4.78, 5) is 12.9. The lowest BCUT2D eigenvalue weighted by atomic mass is 9.78. The molecular formula is C25H34BN3O4. The van der Waals surface area contributed by atoms with Gasteiger partial charge in [-0.25, -0.2) is 0 Å². The first-order valence-corrected chi connectivity index (χ1v) is 11.6. The Morgan fingerprint density at radius 3 is 2.30 bits per heavy atom. The molecule has 7 nitrogen and oxygen atoms in total. The van der Waals surface area contributed by atoms with Gasteiger partial charge in [-0.2, -0.15) is 0 Å². The summed E-state index contributed by atoms with van der Waals surface area (Å²) < 4.78 is 19.4. The van der Waals surface area contributed by atoms with Gasteiger partial charge in [0, 0.05) is 44.6 Å². The van der Waals surface area contributed by atoms with Gasteiger partial charge in [0.05, 0.1) is 22.5 Å². The van der Waals surface area contributed by atoms with E-state index in [1.807, 2.05) is 45.9 Å². The smallest absolute Gasteiger partial charge is 0.399 e. The van der Waals surface area contributed by atoms with Gasteiger partial charge in [0.15, 0.2) is 0 Å². The van der Waals surface area contributed by atoms with E-state index in [4.69, 9.17) is 19.5 Å². The Balaban J connectivity index is 1.55. The van der Waals surface area contributed by atoms with Crippen LogP contribution in [-0.2, 0) is 27.5 Å². The van der Waals surface area contributed by atoms with Crippen LogP contribution < -0.4 is 16.3 Å². The van der Waals surface area contributed by atoms with Crippen LogP contribution in [0.5, 0.6) is 0 Å². The molecule has 0 atom stereocenters. The van der Waals surface area contributed by atoms with Crippen molar-refractivity contribution in [3.05, 3.63) is 57.5 Å². The highest BCUT2D eigenvalue weighted by molar-refractivity contribution is 6.62. The summed E-state index contributed by atoms with van der Waals surface area (Å²) in [6.45, 7) is 9.62. The van der Waals surface area contributed by atoms with E-state index in [0.29, 0.717) is 25.2 Å². The van der Waals surface area contributed by atoms with Crippen molar-refractivity contribution >= 4 is 24.5 Å². The maximum Gasteiger partial charge on any atom is 0.494 e. The van der Waals surface area contributed by atoms with Crippen LogP contribution in [-0.4, -0.2) is 48.4 Å². The van der Waals surface area contributed by atoms with Crippen molar-refractivity contribution in [1.29, 1.82) is 5.41 Å².